The van der Waals surface area contributed by atoms with Gasteiger partial charge in [-0.1, -0.05) is 11.6 Å². The molecule has 5 nitrogen and oxygen atoms in total. The molecule has 0 unspecified atom stereocenters. The molecule has 0 bridgehead atoms. The summed E-state index contributed by atoms with van der Waals surface area (Å²) in [6, 6.07) is 13.8. The molecule has 0 amide bonds. The molecule has 27 heavy (non-hydrogen) atoms. The highest BCUT2D eigenvalue weighted by Gasteiger charge is 2.06. The molecule has 0 saturated heterocycles. The number of hydrogen-bond donors (Lipinski definition) is 2. The second-order valence-electron chi connectivity index (χ2n) is 6.63. The van der Waals surface area contributed by atoms with Crippen molar-refractivity contribution in [3.05, 3.63) is 59.2 Å². The van der Waals surface area contributed by atoms with Crippen molar-refractivity contribution in [2.45, 2.75) is 27.7 Å². The average molecular weight is 362 g/mol. The molecule has 0 atom stereocenters. The molecule has 2 aromatic carbocycles. The largest absolute Gasteiger partial charge is 0.507 e. The van der Waals surface area contributed by atoms with Crippen LogP contribution in [0.2, 0.25) is 0 Å². The van der Waals surface area contributed by atoms with E-state index >= 15 is 0 Å². The summed E-state index contributed by atoms with van der Waals surface area (Å²) >= 11 is 0. The highest BCUT2D eigenvalue weighted by molar-refractivity contribution is 5.86. The summed E-state index contributed by atoms with van der Waals surface area (Å²) < 4.78 is 0. The topological polar surface area (TPSA) is 60.8 Å². The van der Waals surface area contributed by atoms with Crippen LogP contribution in [0, 0.1) is 13.8 Å². The minimum absolute atomic E-state index is 0.211. The van der Waals surface area contributed by atoms with Crippen molar-refractivity contribution in [2.24, 2.45) is 5.10 Å². The third kappa shape index (κ3) is 4.19. The van der Waals surface area contributed by atoms with E-state index in [1.165, 1.54) is 5.56 Å². The van der Waals surface area contributed by atoms with Crippen LogP contribution < -0.4 is 10.3 Å². The van der Waals surface area contributed by atoms with Crippen molar-refractivity contribution in [2.75, 3.05) is 23.4 Å². The SMILES string of the molecule is CCN(CC)c1ccc(C=NNc2cc(C)c3cc(C)ccc3n2)c(O)c1. The Morgan fingerprint density at radius 3 is 2.56 bits per heavy atom. The normalized spacial score (nSPS) is 11.3. The number of rotatable bonds is 6. The van der Waals surface area contributed by atoms with Crippen molar-refractivity contribution in [3.63, 3.8) is 0 Å². The zero-order valence-corrected chi connectivity index (χ0v) is 16.3. The maximum Gasteiger partial charge on any atom is 0.147 e. The maximum atomic E-state index is 10.3. The fourth-order valence-corrected chi connectivity index (χ4v) is 3.16. The van der Waals surface area contributed by atoms with Gasteiger partial charge in [-0.25, -0.2) is 4.98 Å². The van der Waals surface area contributed by atoms with Gasteiger partial charge >= 0.3 is 0 Å². The molecule has 0 radical (unpaired) electrons. The highest BCUT2D eigenvalue weighted by atomic mass is 16.3. The van der Waals surface area contributed by atoms with Gasteiger partial charge in [0, 0.05) is 35.8 Å². The first-order valence-electron chi connectivity index (χ1n) is 9.26. The van der Waals surface area contributed by atoms with Gasteiger partial charge in [-0.15, -0.1) is 0 Å². The molecule has 0 fully saturated rings. The van der Waals surface area contributed by atoms with Gasteiger partial charge in [0.1, 0.15) is 11.6 Å². The fourth-order valence-electron chi connectivity index (χ4n) is 3.16. The Bertz CT molecular complexity index is 977. The van der Waals surface area contributed by atoms with Crippen LogP contribution in [-0.2, 0) is 0 Å². The standard InChI is InChI=1S/C22H26N4O/c1-5-26(6-2)18-9-8-17(21(27)13-18)14-23-25-22-12-16(4)19-11-15(3)7-10-20(19)24-22/h7-14,27H,5-6H2,1-4H3,(H,24,25). The van der Waals surface area contributed by atoms with Gasteiger partial charge in [0.2, 0.25) is 0 Å². The van der Waals surface area contributed by atoms with E-state index in [0.29, 0.717) is 11.4 Å². The van der Waals surface area contributed by atoms with Crippen LogP contribution in [0.15, 0.2) is 47.6 Å². The van der Waals surface area contributed by atoms with Gasteiger partial charge in [-0.05, 0) is 63.6 Å². The molecule has 1 heterocycles. The molecule has 1 aromatic heterocycles. The maximum absolute atomic E-state index is 10.3. The van der Waals surface area contributed by atoms with E-state index in [-0.39, 0.29) is 5.75 Å². The molecule has 2 N–H and O–H groups in total. The molecule has 0 aliphatic heterocycles. The van der Waals surface area contributed by atoms with Gasteiger partial charge in [-0.3, -0.25) is 5.43 Å². The lowest BCUT2D eigenvalue weighted by molar-refractivity contribution is 0.474. The van der Waals surface area contributed by atoms with Crippen LogP contribution in [0.1, 0.15) is 30.5 Å². The van der Waals surface area contributed by atoms with Gasteiger partial charge in [-0.2, -0.15) is 5.10 Å². The van der Waals surface area contributed by atoms with Crippen molar-refractivity contribution in [3.8, 4) is 5.75 Å². The third-order valence-corrected chi connectivity index (χ3v) is 4.70. The zero-order valence-electron chi connectivity index (χ0n) is 16.3. The van der Waals surface area contributed by atoms with Crippen LogP contribution >= 0.6 is 0 Å². The molecule has 0 aliphatic rings. The number of pyridine rings is 1. The number of nitrogens with one attached hydrogen (secondary N) is 1. The summed E-state index contributed by atoms with van der Waals surface area (Å²) in [5.41, 5.74) is 7.93. The molecule has 140 valence electrons. The van der Waals surface area contributed by atoms with Crippen molar-refractivity contribution < 1.29 is 5.11 Å². The number of benzene rings is 2. The minimum Gasteiger partial charge on any atom is -0.507 e. The van der Waals surface area contributed by atoms with Crippen LogP contribution in [0.3, 0.4) is 0 Å². The van der Waals surface area contributed by atoms with Gasteiger partial charge < -0.3 is 10.0 Å². The van der Waals surface area contributed by atoms with Crippen LogP contribution in [0.4, 0.5) is 11.5 Å². The number of aromatic hydroxyl groups is 1. The molecular formula is C22H26N4O. The van der Waals surface area contributed by atoms with E-state index in [0.717, 1.165) is 35.2 Å². The molecular weight excluding hydrogens is 336 g/mol. The quantitative estimate of drug-likeness (QED) is 0.486. The summed E-state index contributed by atoms with van der Waals surface area (Å²) in [4.78, 5) is 6.78. The lowest BCUT2D eigenvalue weighted by Gasteiger charge is -2.21. The Morgan fingerprint density at radius 1 is 1.07 bits per heavy atom. The Hall–Kier alpha value is -3.08. The van der Waals surface area contributed by atoms with E-state index in [1.54, 1.807) is 12.3 Å². The summed E-state index contributed by atoms with van der Waals surface area (Å²) in [5.74, 6) is 0.891. The lowest BCUT2D eigenvalue weighted by Crippen LogP contribution is -2.21. The smallest absolute Gasteiger partial charge is 0.147 e. The average Bonchev–Trinajstić information content (AvgIpc) is 2.65. The predicted octanol–water partition coefficient (Wildman–Crippen LogP) is 4.85. The van der Waals surface area contributed by atoms with Crippen LogP contribution in [0.25, 0.3) is 10.9 Å². The third-order valence-electron chi connectivity index (χ3n) is 4.70. The van der Waals surface area contributed by atoms with Crippen LogP contribution in [-0.4, -0.2) is 29.4 Å². The van der Waals surface area contributed by atoms with E-state index in [2.05, 4.69) is 60.2 Å². The Kier molecular flexibility index (Phi) is 5.60. The number of nitrogens with zero attached hydrogens (tertiary/aromatic N) is 3. The number of aryl methyl sites for hydroxylation is 2. The van der Waals surface area contributed by atoms with E-state index in [4.69, 9.17) is 0 Å². The number of anilines is 2. The minimum atomic E-state index is 0.211. The summed E-state index contributed by atoms with van der Waals surface area (Å²) in [7, 11) is 0. The highest BCUT2D eigenvalue weighted by Crippen LogP contribution is 2.24. The molecule has 0 aliphatic carbocycles. The van der Waals surface area contributed by atoms with E-state index in [9.17, 15) is 5.11 Å². The van der Waals surface area contributed by atoms with E-state index in [1.807, 2.05) is 24.3 Å². The predicted molar refractivity (Wildman–Crippen MR) is 114 cm³/mol. The van der Waals surface area contributed by atoms with E-state index < -0.39 is 0 Å². The Morgan fingerprint density at radius 2 is 1.85 bits per heavy atom. The van der Waals surface area contributed by atoms with Crippen LogP contribution in [0.5, 0.6) is 5.75 Å². The first-order chi connectivity index (χ1) is 13.0. The van der Waals surface area contributed by atoms with Gasteiger partial charge in [0.05, 0.1) is 11.7 Å². The number of phenolic OH excluding ortho intramolecular Hbond substituents is 1. The second kappa shape index (κ2) is 8.08. The number of fused-ring (bicyclic) bond motifs is 1. The van der Waals surface area contributed by atoms with Crippen molar-refractivity contribution >= 4 is 28.6 Å². The molecule has 3 aromatic rings. The Labute approximate surface area is 160 Å². The number of phenols is 1. The first-order valence-corrected chi connectivity index (χ1v) is 9.26. The molecule has 0 saturated carbocycles. The number of aromatic nitrogens is 1. The van der Waals surface area contributed by atoms with Gasteiger partial charge in [0.25, 0.3) is 0 Å². The number of hydrazone groups is 1. The summed E-state index contributed by atoms with van der Waals surface area (Å²) in [6.45, 7) is 10.1. The lowest BCUT2D eigenvalue weighted by atomic mass is 10.1. The first kappa shape index (κ1) is 18.7. The Balaban J connectivity index is 1.77. The fraction of sp³-hybridized carbons (Fsp3) is 0.273. The number of hydrogen-bond acceptors (Lipinski definition) is 5. The monoisotopic (exact) mass is 362 g/mol. The summed E-state index contributed by atoms with van der Waals surface area (Å²) in [5, 5.41) is 15.7. The van der Waals surface area contributed by atoms with Crippen molar-refractivity contribution in [1.29, 1.82) is 0 Å². The second-order valence-corrected chi connectivity index (χ2v) is 6.63. The summed E-state index contributed by atoms with van der Waals surface area (Å²) in [6.07, 6.45) is 1.61. The zero-order chi connectivity index (χ0) is 19.4. The molecule has 0 spiro atoms. The molecule has 3 rings (SSSR count). The molecule has 5 heteroatoms. The van der Waals surface area contributed by atoms with Crippen molar-refractivity contribution in [1.82, 2.24) is 4.98 Å². The van der Waals surface area contributed by atoms with Gasteiger partial charge in [0.15, 0.2) is 0 Å².